The van der Waals surface area contributed by atoms with Crippen LogP contribution in [0.5, 0.6) is 0 Å². The maximum absolute atomic E-state index is 12.4. The van der Waals surface area contributed by atoms with Gasteiger partial charge < -0.3 is 19.5 Å². The summed E-state index contributed by atoms with van der Waals surface area (Å²) in [5, 5.41) is 2.60. The predicted octanol–water partition coefficient (Wildman–Crippen LogP) is 2.94. The zero-order valence-electron chi connectivity index (χ0n) is 15.3. The number of carbonyl (C=O) groups is 3. The van der Waals surface area contributed by atoms with Crippen LogP contribution in [0.1, 0.15) is 52.9 Å². The first-order valence-electron chi connectivity index (χ1n) is 8.74. The first-order valence-corrected chi connectivity index (χ1v) is 8.74. The fourth-order valence-electron chi connectivity index (χ4n) is 2.73. The van der Waals surface area contributed by atoms with Crippen molar-refractivity contribution < 1.29 is 28.6 Å². The monoisotopic (exact) mass is 355 g/mol. The van der Waals surface area contributed by atoms with Crippen LogP contribution in [0.2, 0.25) is 0 Å². The number of esters is 2. The van der Waals surface area contributed by atoms with E-state index >= 15 is 0 Å². The number of alkyl carbamates (subject to hydrolysis) is 1. The molecule has 1 atom stereocenters. The SMILES string of the molecule is C=CCOC(=O)C1(CNC(=O)OC(C)OC(=O)C(C)C)CCCCC1. The molecule has 1 amide bonds. The first kappa shape index (κ1) is 21.0. The molecule has 0 spiro atoms. The molecule has 7 nitrogen and oxygen atoms in total. The molecule has 25 heavy (non-hydrogen) atoms. The van der Waals surface area contributed by atoms with E-state index in [4.69, 9.17) is 14.2 Å². The largest absolute Gasteiger partial charge is 0.461 e. The summed E-state index contributed by atoms with van der Waals surface area (Å²) in [6.45, 7) is 8.66. The molecule has 0 aromatic rings. The molecule has 0 aromatic heterocycles. The minimum atomic E-state index is -0.995. The zero-order valence-corrected chi connectivity index (χ0v) is 15.3. The Bertz CT molecular complexity index is 482. The van der Waals surface area contributed by atoms with Crippen LogP contribution in [0.3, 0.4) is 0 Å². The van der Waals surface area contributed by atoms with E-state index in [0.29, 0.717) is 12.8 Å². The Morgan fingerprint density at radius 3 is 2.32 bits per heavy atom. The standard InChI is InChI=1S/C18H29NO6/c1-5-11-23-16(21)18(9-7-6-8-10-18)12-19-17(22)25-14(4)24-15(20)13(2)3/h5,13-14H,1,6-12H2,2-4H3,(H,19,22). The lowest BCUT2D eigenvalue weighted by molar-refractivity contribution is -0.168. The second-order valence-electron chi connectivity index (χ2n) is 6.65. The van der Waals surface area contributed by atoms with E-state index < -0.39 is 23.8 Å². The quantitative estimate of drug-likeness (QED) is 0.409. The molecule has 0 radical (unpaired) electrons. The summed E-state index contributed by atoms with van der Waals surface area (Å²) in [4.78, 5) is 35.8. The van der Waals surface area contributed by atoms with E-state index in [1.165, 1.54) is 13.0 Å². The van der Waals surface area contributed by atoms with Crippen LogP contribution < -0.4 is 5.32 Å². The summed E-state index contributed by atoms with van der Waals surface area (Å²) in [7, 11) is 0. The van der Waals surface area contributed by atoms with Crippen LogP contribution >= 0.6 is 0 Å². The maximum Gasteiger partial charge on any atom is 0.410 e. The normalized spacial score (nSPS) is 17.3. The van der Waals surface area contributed by atoms with Crippen molar-refractivity contribution in [1.29, 1.82) is 0 Å². The maximum atomic E-state index is 12.4. The van der Waals surface area contributed by atoms with Gasteiger partial charge in [-0.3, -0.25) is 9.59 Å². The fraction of sp³-hybridized carbons (Fsp3) is 0.722. The number of rotatable bonds is 8. The van der Waals surface area contributed by atoms with Gasteiger partial charge in [-0.25, -0.2) is 4.79 Å². The fourth-order valence-corrected chi connectivity index (χ4v) is 2.73. The van der Waals surface area contributed by atoms with E-state index in [0.717, 1.165) is 19.3 Å². The molecule has 0 saturated heterocycles. The molecule has 0 heterocycles. The van der Waals surface area contributed by atoms with Crippen LogP contribution in [-0.4, -0.2) is 37.5 Å². The van der Waals surface area contributed by atoms with Crippen LogP contribution in [-0.2, 0) is 23.8 Å². The minimum absolute atomic E-state index is 0.132. The third-order valence-corrected chi connectivity index (χ3v) is 4.17. The minimum Gasteiger partial charge on any atom is -0.461 e. The Hall–Kier alpha value is -2.05. The Kier molecular flexibility index (Phi) is 8.45. The van der Waals surface area contributed by atoms with Gasteiger partial charge in [-0.05, 0) is 12.8 Å². The molecular weight excluding hydrogens is 326 g/mol. The molecule has 1 fully saturated rings. The van der Waals surface area contributed by atoms with Crippen LogP contribution in [0.4, 0.5) is 4.79 Å². The summed E-state index contributed by atoms with van der Waals surface area (Å²) in [6.07, 6.45) is 3.96. The molecule has 1 N–H and O–H groups in total. The average molecular weight is 355 g/mol. The van der Waals surface area contributed by atoms with Gasteiger partial charge in [0, 0.05) is 13.5 Å². The topological polar surface area (TPSA) is 90.9 Å². The number of ether oxygens (including phenoxy) is 3. The Balaban J connectivity index is 2.55. The highest BCUT2D eigenvalue weighted by molar-refractivity contribution is 5.78. The van der Waals surface area contributed by atoms with Gasteiger partial charge in [0.05, 0.1) is 11.3 Å². The number of nitrogens with one attached hydrogen (secondary N) is 1. The van der Waals surface area contributed by atoms with Gasteiger partial charge >= 0.3 is 18.0 Å². The van der Waals surface area contributed by atoms with Crippen molar-refractivity contribution in [1.82, 2.24) is 5.32 Å². The predicted molar refractivity (Wildman–Crippen MR) is 91.5 cm³/mol. The summed E-state index contributed by atoms with van der Waals surface area (Å²) in [6, 6.07) is 0. The second kappa shape index (κ2) is 10.1. The highest BCUT2D eigenvalue weighted by atomic mass is 16.7. The number of carbonyl (C=O) groups excluding carboxylic acids is 3. The van der Waals surface area contributed by atoms with E-state index in [1.54, 1.807) is 13.8 Å². The van der Waals surface area contributed by atoms with Gasteiger partial charge in [0.25, 0.3) is 0 Å². The summed E-state index contributed by atoms with van der Waals surface area (Å²) in [5.41, 5.74) is -0.738. The Morgan fingerprint density at radius 1 is 1.12 bits per heavy atom. The molecular formula is C18H29NO6. The zero-order chi connectivity index (χ0) is 18.9. The van der Waals surface area contributed by atoms with Crippen molar-refractivity contribution in [3.8, 4) is 0 Å². The number of hydrogen-bond acceptors (Lipinski definition) is 6. The van der Waals surface area contributed by atoms with Gasteiger partial charge in [0.2, 0.25) is 6.29 Å². The van der Waals surface area contributed by atoms with Crippen LogP contribution in [0.25, 0.3) is 0 Å². The Morgan fingerprint density at radius 2 is 1.76 bits per heavy atom. The third kappa shape index (κ3) is 6.76. The van der Waals surface area contributed by atoms with Crippen LogP contribution in [0.15, 0.2) is 12.7 Å². The van der Waals surface area contributed by atoms with Crippen molar-refractivity contribution >= 4 is 18.0 Å². The van der Waals surface area contributed by atoms with Crippen LogP contribution in [0, 0.1) is 11.3 Å². The highest BCUT2D eigenvalue weighted by Crippen LogP contribution is 2.37. The molecule has 1 aliphatic rings. The van der Waals surface area contributed by atoms with Crippen molar-refractivity contribution in [2.45, 2.75) is 59.2 Å². The molecule has 0 bridgehead atoms. The third-order valence-electron chi connectivity index (χ3n) is 4.17. The smallest absolute Gasteiger partial charge is 0.410 e. The van der Waals surface area contributed by atoms with Gasteiger partial charge in [0.1, 0.15) is 6.61 Å². The lowest BCUT2D eigenvalue weighted by Crippen LogP contribution is -2.46. The molecule has 0 aliphatic heterocycles. The van der Waals surface area contributed by atoms with E-state index in [2.05, 4.69) is 11.9 Å². The van der Waals surface area contributed by atoms with E-state index in [1.807, 2.05) is 0 Å². The second-order valence-corrected chi connectivity index (χ2v) is 6.65. The first-order chi connectivity index (χ1) is 11.8. The lowest BCUT2D eigenvalue weighted by atomic mass is 9.74. The van der Waals surface area contributed by atoms with E-state index in [9.17, 15) is 14.4 Å². The molecule has 7 heteroatoms. The molecule has 1 saturated carbocycles. The summed E-state index contributed by atoms with van der Waals surface area (Å²) < 4.78 is 15.2. The van der Waals surface area contributed by atoms with Gasteiger partial charge in [-0.2, -0.15) is 0 Å². The average Bonchev–Trinajstić information content (AvgIpc) is 2.58. The van der Waals surface area contributed by atoms with Gasteiger partial charge in [0.15, 0.2) is 0 Å². The summed E-state index contributed by atoms with van der Waals surface area (Å²) in [5.74, 6) is -1.08. The molecule has 0 aromatic carbocycles. The van der Waals surface area contributed by atoms with Crippen molar-refractivity contribution in [3.05, 3.63) is 12.7 Å². The van der Waals surface area contributed by atoms with Gasteiger partial charge in [-0.1, -0.05) is 45.8 Å². The Labute approximate surface area is 149 Å². The lowest BCUT2D eigenvalue weighted by Gasteiger charge is -2.34. The van der Waals surface area contributed by atoms with Crippen molar-refractivity contribution in [3.63, 3.8) is 0 Å². The number of amides is 1. The highest BCUT2D eigenvalue weighted by Gasteiger charge is 2.41. The summed E-state index contributed by atoms with van der Waals surface area (Å²) >= 11 is 0. The van der Waals surface area contributed by atoms with Gasteiger partial charge in [-0.15, -0.1) is 0 Å². The van der Waals surface area contributed by atoms with Crippen molar-refractivity contribution in [2.75, 3.05) is 13.2 Å². The number of hydrogen-bond donors (Lipinski definition) is 1. The molecule has 1 aliphatic carbocycles. The molecule has 142 valence electrons. The van der Waals surface area contributed by atoms with Crippen molar-refractivity contribution in [2.24, 2.45) is 11.3 Å². The van der Waals surface area contributed by atoms with E-state index in [-0.39, 0.29) is 25.0 Å². The molecule has 1 unspecified atom stereocenters. The molecule has 1 rings (SSSR count).